The van der Waals surface area contributed by atoms with Gasteiger partial charge in [0.05, 0.1) is 13.7 Å². The molecule has 6 nitrogen and oxygen atoms in total. The highest BCUT2D eigenvalue weighted by Crippen LogP contribution is 2.42. The molecule has 0 spiro atoms. The Hall–Kier alpha value is -2.15. The molecule has 2 atom stereocenters. The zero-order valence-electron chi connectivity index (χ0n) is 12.7. The minimum atomic E-state index is -1.48. The molecule has 0 radical (unpaired) electrons. The van der Waals surface area contributed by atoms with Crippen molar-refractivity contribution in [3.8, 4) is 0 Å². The second-order valence-corrected chi connectivity index (χ2v) is 5.57. The Bertz CT molecular complexity index is 658. The quantitative estimate of drug-likeness (QED) is 0.577. The number of alkyl halides is 1. The number of rotatable bonds is 5. The Balaban J connectivity index is 2.55. The van der Waals surface area contributed by atoms with Gasteiger partial charge < -0.3 is 14.2 Å². The van der Waals surface area contributed by atoms with Crippen molar-refractivity contribution in [1.29, 1.82) is 0 Å². The average molecular weight is 382 g/mol. The summed E-state index contributed by atoms with van der Waals surface area (Å²) < 4.78 is 15.5. The minimum Gasteiger partial charge on any atom is -0.468 e. The van der Waals surface area contributed by atoms with Crippen LogP contribution in [0.1, 0.15) is 12.5 Å². The van der Waals surface area contributed by atoms with Crippen molar-refractivity contribution in [2.45, 2.75) is 17.5 Å². The lowest BCUT2D eigenvalue weighted by Gasteiger charge is -2.29. The first kappa shape index (κ1) is 17.2. The number of hydrogen-bond donors (Lipinski definition) is 0. The fourth-order valence-electron chi connectivity index (χ4n) is 2.16. The number of nitrogens with zero attached hydrogens (tertiary/aromatic N) is 1. The predicted octanol–water partition coefficient (Wildman–Crippen LogP) is 2.32. The molecular weight excluding hydrogens is 366 g/mol. The van der Waals surface area contributed by atoms with Gasteiger partial charge in [-0.25, -0.2) is 9.79 Å². The molecule has 0 N–H and O–H groups in total. The number of halogens is 1. The first-order valence-corrected chi connectivity index (χ1v) is 7.80. The van der Waals surface area contributed by atoms with E-state index >= 15 is 0 Å². The van der Waals surface area contributed by atoms with Crippen LogP contribution in [0.2, 0.25) is 0 Å². The summed E-state index contributed by atoms with van der Waals surface area (Å²) in [6, 6.07) is 8.85. The standard InChI is InChI=1S/C16H16BrNO5/c1-4-22-14(19)12-10(2)23-16(18-12,13(17)15(20)21-3)11-8-6-5-7-9-11/h5-9,13H,2,4H2,1,3H3. The number of ether oxygens (including phenoxy) is 3. The molecule has 1 heterocycles. The van der Waals surface area contributed by atoms with E-state index in [1.807, 2.05) is 6.07 Å². The Morgan fingerprint density at radius 1 is 1.39 bits per heavy atom. The van der Waals surface area contributed by atoms with Crippen LogP contribution in [0.25, 0.3) is 0 Å². The lowest BCUT2D eigenvalue weighted by Crippen LogP contribution is -2.40. The topological polar surface area (TPSA) is 74.2 Å². The summed E-state index contributed by atoms with van der Waals surface area (Å²) in [6.45, 7) is 5.58. The second-order valence-electron chi connectivity index (χ2n) is 4.65. The summed E-state index contributed by atoms with van der Waals surface area (Å²) >= 11 is 3.27. The van der Waals surface area contributed by atoms with Gasteiger partial charge in [0.1, 0.15) is 5.76 Å². The SMILES string of the molecule is C=C1OC(c2ccccc2)(C(Br)C(=O)OC)N=C1C(=O)OCC. The highest BCUT2D eigenvalue weighted by molar-refractivity contribution is 9.10. The Kier molecular flexibility index (Phi) is 5.20. The van der Waals surface area contributed by atoms with Gasteiger partial charge in [-0.2, -0.15) is 0 Å². The van der Waals surface area contributed by atoms with Crippen molar-refractivity contribution in [3.63, 3.8) is 0 Å². The van der Waals surface area contributed by atoms with Crippen LogP contribution in [-0.4, -0.2) is 36.2 Å². The van der Waals surface area contributed by atoms with Crippen molar-refractivity contribution < 1.29 is 23.8 Å². The number of methoxy groups -OCH3 is 1. The summed E-state index contributed by atoms with van der Waals surface area (Å²) in [5, 5.41) is 0. The van der Waals surface area contributed by atoms with E-state index in [9.17, 15) is 9.59 Å². The first-order chi connectivity index (χ1) is 11.0. The van der Waals surface area contributed by atoms with Gasteiger partial charge >= 0.3 is 11.9 Å². The summed E-state index contributed by atoms with van der Waals surface area (Å²) in [5.74, 6) is -1.20. The maximum Gasteiger partial charge on any atom is 0.360 e. The molecule has 0 saturated heterocycles. The van der Waals surface area contributed by atoms with Gasteiger partial charge in [-0.3, -0.25) is 4.79 Å². The number of carbonyl (C=O) groups excluding carboxylic acids is 2. The van der Waals surface area contributed by atoms with Crippen LogP contribution in [0.5, 0.6) is 0 Å². The molecule has 0 aliphatic carbocycles. The first-order valence-electron chi connectivity index (χ1n) is 6.89. The van der Waals surface area contributed by atoms with E-state index in [4.69, 9.17) is 14.2 Å². The van der Waals surface area contributed by atoms with Gasteiger partial charge in [0.2, 0.25) is 5.72 Å². The lowest BCUT2D eigenvalue weighted by molar-refractivity contribution is -0.145. The molecular formula is C16H16BrNO5. The smallest absolute Gasteiger partial charge is 0.360 e. The molecule has 122 valence electrons. The van der Waals surface area contributed by atoms with Crippen molar-refractivity contribution in [3.05, 3.63) is 48.2 Å². The third-order valence-corrected chi connectivity index (χ3v) is 4.22. The van der Waals surface area contributed by atoms with E-state index in [0.29, 0.717) is 5.56 Å². The molecule has 0 aromatic heterocycles. The zero-order valence-corrected chi connectivity index (χ0v) is 14.3. The molecule has 1 aromatic carbocycles. The van der Waals surface area contributed by atoms with Crippen LogP contribution in [0.15, 0.2) is 47.7 Å². The zero-order chi connectivity index (χ0) is 17.0. The molecule has 0 saturated carbocycles. The van der Waals surface area contributed by atoms with Crippen molar-refractivity contribution in [1.82, 2.24) is 0 Å². The van der Waals surface area contributed by atoms with Crippen molar-refractivity contribution in [2.24, 2.45) is 4.99 Å². The van der Waals surface area contributed by atoms with Gasteiger partial charge in [-0.15, -0.1) is 0 Å². The molecule has 0 bridgehead atoms. The van der Waals surface area contributed by atoms with E-state index in [2.05, 4.69) is 27.5 Å². The summed E-state index contributed by atoms with van der Waals surface area (Å²) in [6.07, 6.45) is 0. The van der Waals surface area contributed by atoms with Crippen LogP contribution >= 0.6 is 15.9 Å². The Morgan fingerprint density at radius 2 is 2.04 bits per heavy atom. The van der Waals surface area contributed by atoms with Crippen molar-refractivity contribution >= 4 is 33.6 Å². The van der Waals surface area contributed by atoms with Crippen LogP contribution in [0, 0.1) is 0 Å². The van der Waals surface area contributed by atoms with Gasteiger partial charge in [-0.05, 0) is 6.92 Å². The molecule has 1 aliphatic rings. The van der Waals surface area contributed by atoms with Gasteiger partial charge in [0, 0.05) is 5.56 Å². The maximum atomic E-state index is 12.0. The third-order valence-electron chi connectivity index (χ3n) is 3.23. The Morgan fingerprint density at radius 3 is 2.61 bits per heavy atom. The van der Waals surface area contributed by atoms with Crippen LogP contribution < -0.4 is 0 Å². The number of esters is 2. The molecule has 2 rings (SSSR count). The van der Waals surface area contributed by atoms with Crippen LogP contribution in [0.4, 0.5) is 0 Å². The highest BCUT2D eigenvalue weighted by Gasteiger charge is 2.52. The number of aliphatic imine (C=N–C) groups is 1. The molecule has 0 amide bonds. The highest BCUT2D eigenvalue weighted by atomic mass is 79.9. The normalized spacial score (nSPS) is 21.2. The summed E-state index contributed by atoms with van der Waals surface area (Å²) in [5.41, 5.74) is -0.954. The summed E-state index contributed by atoms with van der Waals surface area (Å²) in [7, 11) is 1.26. The number of benzene rings is 1. The van der Waals surface area contributed by atoms with E-state index in [1.165, 1.54) is 7.11 Å². The van der Waals surface area contributed by atoms with E-state index in [0.717, 1.165) is 0 Å². The molecule has 1 aromatic rings. The van der Waals surface area contributed by atoms with Gasteiger partial charge in [-0.1, -0.05) is 52.8 Å². The van der Waals surface area contributed by atoms with Gasteiger partial charge in [0.15, 0.2) is 10.5 Å². The summed E-state index contributed by atoms with van der Waals surface area (Å²) in [4.78, 5) is 27.4. The van der Waals surface area contributed by atoms with Crippen LogP contribution in [-0.2, 0) is 29.5 Å². The molecule has 23 heavy (non-hydrogen) atoms. The van der Waals surface area contributed by atoms with Gasteiger partial charge in [0.25, 0.3) is 0 Å². The third kappa shape index (κ3) is 3.14. The van der Waals surface area contributed by atoms with E-state index in [1.54, 1.807) is 31.2 Å². The fraction of sp³-hybridized carbons (Fsp3) is 0.312. The molecule has 7 heteroatoms. The van der Waals surface area contributed by atoms with Crippen molar-refractivity contribution in [2.75, 3.05) is 13.7 Å². The predicted molar refractivity (Wildman–Crippen MR) is 87.1 cm³/mol. The van der Waals surface area contributed by atoms with E-state index < -0.39 is 22.5 Å². The minimum absolute atomic E-state index is 0.0423. The second kappa shape index (κ2) is 6.95. The average Bonchev–Trinajstić information content (AvgIpc) is 2.93. The maximum absolute atomic E-state index is 12.0. The molecule has 0 fully saturated rings. The fourth-order valence-corrected chi connectivity index (χ4v) is 2.81. The Labute approximate surface area is 142 Å². The lowest BCUT2D eigenvalue weighted by atomic mass is 10.00. The monoisotopic (exact) mass is 381 g/mol. The number of carbonyl (C=O) groups is 2. The molecule has 2 unspecified atom stereocenters. The molecule has 1 aliphatic heterocycles. The number of hydrogen-bond acceptors (Lipinski definition) is 6. The largest absolute Gasteiger partial charge is 0.468 e. The van der Waals surface area contributed by atoms with E-state index in [-0.39, 0.29) is 18.1 Å². The van der Waals surface area contributed by atoms with Crippen LogP contribution in [0.3, 0.4) is 0 Å².